The minimum Gasteiger partial charge on any atom is -0.321 e. The number of aromatic amines is 1. The van der Waals surface area contributed by atoms with Gasteiger partial charge in [0.05, 0.1) is 17.7 Å². The molecule has 1 aromatic heterocycles. The Morgan fingerprint density at radius 3 is 2.63 bits per heavy atom. The quantitative estimate of drug-likeness (QED) is 0.654. The van der Waals surface area contributed by atoms with Gasteiger partial charge in [-0.3, -0.25) is 9.89 Å². The summed E-state index contributed by atoms with van der Waals surface area (Å²) in [6.45, 7) is 1.77. The third-order valence-corrected chi connectivity index (χ3v) is 3.95. The zero-order chi connectivity index (χ0) is 19.2. The lowest BCUT2D eigenvalue weighted by Crippen LogP contribution is -2.15. The molecule has 3 aromatic rings. The van der Waals surface area contributed by atoms with Crippen LogP contribution in [0.4, 0.5) is 14.5 Å². The van der Waals surface area contributed by atoms with Crippen LogP contribution in [0.3, 0.4) is 0 Å². The molecule has 0 spiro atoms. The van der Waals surface area contributed by atoms with E-state index < -0.39 is 18.8 Å². The van der Waals surface area contributed by atoms with Crippen molar-refractivity contribution in [2.24, 2.45) is 0 Å². The molecule has 0 radical (unpaired) electrons. The highest BCUT2D eigenvalue weighted by atomic mass is 19.3. The normalized spacial score (nSPS) is 10.4. The molecule has 0 bridgehead atoms. The lowest BCUT2D eigenvalue weighted by molar-refractivity contribution is 0.102. The minimum atomic E-state index is -2.57. The van der Waals surface area contributed by atoms with Gasteiger partial charge in [-0.2, -0.15) is 5.10 Å². The van der Waals surface area contributed by atoms with Crippen LogP contribution in [-0.2, 0) is 6.42 Å². The smallest absolute Gasteiger partial charge is 0.259 e. The highest BCUT2D eigenvalue weighted by Gasteiger charge is 2.18. The largest absolute Gasteiger partial charge is 0.321 e. The van der Waals surface area contributed by atoms with Gasteiger partial charge in [0.15, 0.2) is 0 Å². The van der Waals surface area contributed by atoms with Crippen LogP contribution >= 0.6 is 0 Å². The van der Waals surface area contributed by atoms with Gasteiger partial charge in [0.1, 0.15) is 0 Å². The fourth-order valence-electron chi connectivity index (χ4n) is 2.73. The Bertz CT molecular complexity index is 998. The molecule has 0 aliphatic heterocycles. The first-order chi connectivity index (χ1) is 13.1. The van der Waals surface area contributed by atoms with Gasteiger partial charge in [-0.15, -0.1) is 5.92 Å². The summed E-state index contributed by atoms with van der Waals surface area (Å²) in [5.74, 6) is 5.34. The number of nitrogens with zero attached hydrogens (tertiary/aromatic N) is 1. The fourth-order valence-corrected chi connectivity index (χ4v) is 2.73. The standard InChI is InChI=1S/C21H17F2N3O/c1-2-5-14-8-10-15(11-9-14)16-6-3-4-7-18(16)25-21(27)17-13-24-26-19(17)12-20(22)23/h3-4,6-11,13,20H,12H2,1H3,(H,24,26)(H,25,27). The number of hydrogen-bond acceptors (Lipinski definition) is 2. The van der Waals surface area contributed by atoms with E-state index in [9.17, 15) is 13.6 Å². The summed E-state index contributed by atoms with van der Waals surface area (Å²) in [6.07, 6.45) is -1.82. The molecule has 1 amide bonds. The average molecular weight is 365 g/mol. The summed E-state index contributed by atoms with van der Waals surface area (Å²) in [7, 11) is 0. The number of carbonyl (C=O) groups is 1. The van der Waals surface area contributed by atoms with Crippen molar-refractivity contribution in [3.05, 3.63) is 71.5 Å². The number of carbonyl (C=O) groups excluding carboxylic acids is 1. The predicted molar refractivity (Wildman–Crippen MR) is 101 cm³/mol. The number of rotatable bonds is 5. The van der Waals surface area contributed by atoms with Crippen LogP contribution in [-0.4, -0.2) is 22.5 Å². The maximum absolute atomic E-state index is 12.6. The lowest BCUT2D eigenvalue weighted by atomic mass is 10.0. The van der Waals surface area contributed by atoms with E-state index in [1.807, 2.05) is 36.4 Å². The van der Waals surface area contributed by atoms with Crippen LogP contribution in [0.2, 0.25) is 0 Å². The summed E-state index contributed by atoms with van der Waals surface area (Å²) in [4.78, 5) is 12.6. The summed E-state index contributed by atoms with van der Waals surface area (Å²) in [5.41, 5.74) is 3.37. The van der Waals surface area contributed by atoms with E-state index in [-0.39, 0.29) is 11.3 Å². The fraction of sp³-hybridized carbons (Fsp3) is 0.143. The molecule has 0 aliphatic carbocycles. The molecule has 2 N–H and O–H groups in total. The van der Waals surface area contributed by atoms with Gasteiger partial charge in [-0.05, 0) is 30.7 Å². The van der Waals surface area contributed by atoms with Crippen LogP contribution in [0.1, 0.15) is 28.5 Å². The number of halogens is 2. The van der Waals surface area contributed by atoms with Crippen LogP contribution in [0.15, 0.2) is 54.7 Å². The summed E-state index contributed by atoms with van der Waals surface area (Å²) in [5, 5.41) is 9.02. The second-order valence-electron chi connectivity index (χ2n) is 5.79. The monoisotopic (exact) mass is 365 g/mol. The first kappa shape index (κ1) is 18.3. The first-order valence-electron chi connectivity index (χ1n) is 8.33. The van der Waals surface area contributed by atoms with Crippen molar-refractivity contribution >= 4 is 11.6 Å². The van der Waals surface area contributed by atoms with E-state index in [2.05, 4.69) is 27.4 Å². The number of alkyl halides is 2. The molecule has 0 fully saturated rings. The lowest BCUT2D eigenvalue weighted by Gasteiger charge is -2.11. The maximum atomic E-state index is 12.6. The van der Waals surface area contributed by atoms with Gasteiger partial charge in [-0.1, -0.05) is 36.3 Å². The Labute approximate surface area is 155 Å². The second-order valence-corrected chi connectivity index (χ2v) is 5.79. The summed E-state index contributed by atoms with van der Waals surface area (Å²) in [6, 6.07) is 15.0. The molecular weight excluding hydrogens is 348 g/mol. The third-order valence-electron chi connectivity index (χ3n) is 3.95. The van der Waals surface area contributed by atoms with Crippen molar-refractivity contribution < 1.29 is 13.6 Å². The molecule has 0 saturated heterocycles. The van der Waals surface area contributed by atoms with Crippen molar-refractivity contribution in [2.75, 3.05) is 5.32 Å². The van der Waals surface area contributed by atoms with Crippen LogP contribution in [0, 0.1) is 11.8 Å². The van der Waals surface area contributed by atoms with Gasteiger partial charge in [-0.25, -0.2) is 8.78 Å². The number of para-hydroxylation sites is 1. The number of anilines is 1. The zero-order valence-electron chi connectivity index (χ0n) is 14.6. The Morgan fingerprint density at radius 1 is 1.19 bits per heavy atom. The van der Waals surface area contributed by atoms with Gasteiger partial charge in [0.25, 0.3) is 5.91 Å². The van der Waals surface area contributed by atoms with E-state index >= 15 is 0 Å². The minimum absolute atomic E-state index is 0.0440. The van der Waals surface area contributed by atoms with Crippen LogP contribution in [0.5, 0.6) is 0 Å². The number of benzene rings is 2. The first-order valence-corrected chi connectivity index (χ1v) is 8.33. The second kappa shape index (κ2) is 8.28. The molecule has 3 rings (SSSR count). The van der Waals surface area contributed by atoms with Gasteiger partial charge < -0.3 is 5.32 Å². The molecule has 0 atom stereocenters. The maximum Gasteiger partial charge on any atom is 0.259 e. The molecule has 136 valence electrons. The molecule has 4 nitrogen and oxygen atoms in total. The molecule has 0 aliphatic rings. The van der Waals surface area contributed by atoms with Crippen LogP contribution in [0.25, 0.3) is 11.1 Å². The number of aromatic nitrogens is 2. The highest BCUT2D eigenvalue weighted by Crippen LogP contribution is 2.28. The summed E-state index contributed by atoms with van der Waals surface area (Å²) < 4.78 is 25.3. The predicted octanol–water partition coefficient (Wildman–Crippen LogP) is 4.51. The number of H-pyrrole nitrogens is 1. The van der Waals surface area contributed by atoms with Crippen molar-refractivity contribution in [1.82, 2.24) is 10.2 Å². The van der Waals surface area contributed by atoms with Gasteiger partial charge in [0.2, 0.25) is 6.43 Å². The highest BCUT2D eigenvalue weighted by molar-refractivity contribution is 6.06. The van der Waals surface area contributed by atoms with Gasteiger partial charge in [0, 0.05) is 23.0 Å². The van der Waals surface area contributed by atoms with E-state index in [1.54, 1.807) is 19.1 Å². The SMILES string of the molecule is CC#Cc1ccc(-c2ccccc2NC(=O)c2c[nH]nc2CC(F)F)cc1. The molecular formula is C21H17F2N3O. The third kappa shape index (κ3) is 4.39. The van der Waals surface area contributed by atoms with E-state index in [0.29, 0.717) is 5.69 Å². The molecule has 6 heteroatoms. The topological polar surface area (TPSA) is 57.8 Å². The van der Waals surface area contributed by atoms with E-state index in [0.717, 1.165) is 16.7 Å². The molecule has 27 heavy (non-hydrogen) atoms. The van der Waals surface area contributed by atoms with Crippen LogP contribution < -0.4 is 5.32 Å². The van der Waals surface area contributed by atoms with Crippen molar-refractivity contribution in [3.8, 4) is 23.0 Å². The average Bonchev–Trinajstić information content (AvgIpc) is 3.11. The Hall–Kier alpha value is -3.46. The van der Waals surface area contributed by atoms with Crippen molar-refractivity contribution in [3.63, 3.8) is 0 Å². The molecule has 2 aromatic carbocycles. The number of amides is 1. The Morgan fingerprint density at radius 2 is 1.93 bits per heavy atom. The van der Waals surface area contributed by atoms with E-state index in [4.69, 9.17) is 0 Å². The number of hydrogen-bond donors (Lipinski definition) is 2. The van der Waals surface area contributed by atoms with Crippen molar-refractivity contribution in [1.29, 1.82) is 0 Å². The zero-order valence-corrected chi connectivity index (χ0v) is 14.6. The van der Waals surface area contributed by atoms with Gasteiger partial charge >= 0.3 is 0 Å². The molecule has 1 heterocycles. The molecule has 0 unspecified atom stereocenters. The Kier molecular flexibility index (Phi) is 5.62. The molecule has 0 saturated carbocycles. The number of nitrogens with one attached hydrogen (secondary N) is 2. The Balaban J connectivity index is 1.87. The summed E-state index contributed by atoms with van der Waals surface area (Å²) >= 11 is 0. The van der Waals surface area contributed by atoms with E-state index in [1.165, 1.54) is 6.20 Å². The van der Waals surface area contributed by atoms with Crippen molar-refractivity contribution in [2.45, 2.75) is 19.8 Å².